The summed E-state index contributed by atoms with van der Waals surface area (Å²) in [6.07, 6.45) is 0.395. The molecule has 0 saturated heterocycles. The van der Waals surface area contributed by atoms with E-state index in [0.29, 0.717) is 6.42 Å². The Labute approximate surface area is 88.7 Å². The van der Waals surface area contributed by atoms with Crippen LogP contribution in [0.3, 0.4) is 0 Å². The number of halogens is 1. The molecule has 0 radical (unpaired) electrons. The molecule has 0 aromatic carbocycles. The molecule has 3 N–H and O–H groups in total. The summed E-state index contributed by atoms with van der Waals surface area (Å²) < 4.78 is 1.02. The van der Waals surface area contributed by atoms with Crippen molar-refractivity contribution < 1.29 is 9.90 Å². The Morgan fingerprint density at radius 3 is 2.85 bits per heavy atom. The van der Waals surface area contributed by atoms with Crippen LogP contribution in [0.15, 0.2) is 10.5 Å². The largest absolute Gasteiger partial charge is 0.480 e. The second-order valence-electron chi connectivity index (χ2n) is 2.77. The molecule has 0 amide bonds. The normalized spacial score (nSPS) is 12.8. The van der Waals surface area contributed by atoms with Gasteiger partial charge >= 0.3 is 5.97 Å². The summed E-state index contributed by atoms with van der Waals surface area (Å²) in [7, 11) is 0. The second kappa shape index (κ2) is 4.21. The van der Waals surface area contributed by atoms with E-state index >= 15 is 0 Å². The van der Waals surface area contributed by atoms with Gasteiger partial charge < -0.3 is 10.8 Å². The highest BCUT2D eigenvalue weighted by Gasteiger charge is 2.14. The molecular weight excluding hydrogens is 254 g/mol. The number of carbonyl (C=O) groups is 1. The van der Waals surface area contributed by atoms with E-state index < -0.39 is 12.0 Å². The minimum absolute atomic E-state index is 0.395. The molecule has 13 heavy (non-hydrogen) atoms. The van der Waals surface area contributed by atoms with Crippen LogP contribution >= 0.6 is 27.3 Å². The van der Waals surface area contributed by atoms with Gasteiger partial charge in [-0.2, -0.15) is 0 Å². The molecule has 0 saturated carbocycles. The van der Waals surface area contributed by atoms with Crippen molar-refractivity contribution >= 4 is 33.2 Å². The van der Waals surface area contributed by atoms with Gasteiger partial charge in [0.25, 0.3) is 0 Å². The first-order valence-electron chi connectivity index (χ1n) is 3.74. The lowest BCUT2D eigenvalue weighted by molar-refractivity contribution is -0.138. The Morgan fingerprint density at radius 2 is 2.46 bits per heavy atom. The van der Waals surface area contributed by atoms with Gasteiger partial charge in [0.15, 0.2) is 0 Å². The van der Waals surface area contributed by atoms with Crippen molar-refractivity contribution in [1.82, 2.24) is 0 Å². The van der Waals surface area contributed by atoms with E-state index in [1.54, 1.807) is 11.3 Å². The van der Waals surface area contributed by atoms with Crippen molar-refractivity contribution in [2.75, 3.05) is 0 Å². The summed E-state index contributed by atoms with van der Waals surface area (Å²) in [5.41, 5.74) is 5.40. The van der Waals surface area contributed by atoms with Crippen molar-refractivity contribution in [1.29, 1.82) is 0 Å². The van der Waals surface area contributed by atoms with Crippen molar-refractivity contribution in [3.63, 3.8) is 0 Å². The second-order valence-corrected chi connectivity index (χ2v) is 4.96. The summed E-state index contributed by atoms with van der Waals surface area (Å²) in [5, 5.41) is 8.59. The van der Waals surface area contributed by atoms with Crippen LogP contribution < -0.4 is 5.73 Å². The zero-order valence-electron chi connectivity index (χ0n) is 7.08. The quantitative estimate of drug-likeness (QED) is 0.874. The Bertz CT molecular complexity index is 304. The molecule has 1 aromatic rings. The molecule has 0 unspecified atom stereocenters. The fraction of sp³-hybridized carbons (Fsp3) is 0.375. The van der Waals surface area contributed by atoms with Crippen LogP contribution in [0.1, 0.15) is 9.75 Å². The molecule has 0 bridgehead atoms. The topological polar surface area (TPSA) is 63.3 Å². The molecule has 0 aliphatic heterocycles. The number of aryl methyl sites for hydroxylation is 1. The van der Waals surface area contributed by atoms with Gasteiger partial charge in [0.1, 0.15) is 6.04 Å². The molecular formula is C8H10BrNO2S. The molecule has 0 fully saturated rings. The Hall–Kier alpha value is -0.390. The molecule has 1 aromatic heterocycles. The third-order valence-electron chi connectivity index (χ3n) is 1.65. The van der Waals surface area contributed by atoms with E-state index in [1.807, 2.05) is 13.0 Å². The van der Waals surface area contributed by atoms with Gasteiger partial charge in [-0.1, -0.05) is 0 Å². The first kappa shape index (κ1) is 10.7. The van der Waals surface area contributed by atoms with Crippen molar-refractivity contribution in [3.8, 4) is 0 Å². The van der Waals surface area contributed by atoms with Crippen molar-refractivity contribution in [2.24, 2.45) is 5.73 Å². The zero-order valence-corrected chi connectivity index (χ0v) is 9.48. The summed E-state index contributed by atoms with van der Waals surface area (Å²) in [5.74, 6) is -0.956. The standard InChI is InChI=1S/C8H10BrNO2S/c1-4-6(9)2-5(13-4)3-7(10)8(11)12/h2,7H,3,10H2,1H3,(H,11,12)/t7-/m0/s1. The highest BCUT2D eigenvalue weighted by Crippen LogP contribution is 2.26. The zero-order chi connectivity index (χ0) is 10.0. The molecule has 1 heterocycles. The number of hydrogen-bond donors (Lipinski definition) is 2. The van der Waals surface area contributed by atoms with Crippen LogP contribution in [0, 0.1) is 6.92 Å². The molecule has 72 valence electrons. The Kier molecular flexibility index (Phi) is 3.47. The van der Waals surface area contributed by atoms with Crippen LogP contribution in [-0.4, -0.2) is 17.1 Å². The molecule has 0 aliphatic rings. The SMILES string of the molecule is Cc1sc(C[C@H](N)C(=O)O)cc1Br. The van der Waals surface area contributed by atoms with Crippen LogP contribution in [0.2, 0.25) is 0 Å². The first-order chi connectivity index (χ1) is 6.00. The minimum Gasteiger partial charge on any atom is -0.480 e. The van der Waals surface area contributed by atoms with Gasteiger partial charge in [-0.3, -0.25) is 4.79 Å². The predicted octanol–water partition coefficient (Wildman–Crippen LogP) is 1.77. The maximum absolute atomic E-state index is 10.5. The van der Waals surface area contributed by atoms with Crippen LogP contribution in [0.25, 0.3) is 0 Å². The third kappa shape index (κ3) is 2.79. The Balaban J connectivity index is 2.69. The average molecular weight is 264 g/mol. The monoisotopic (exact) mass is 263 g/mol. The third-order valence-corrected chi connectivity index (χ3v) is 3.81. The van der Waals surface area contributed by atoms with E-state index in [4.69, 9.17) is 10.8 Å². The highest BCUT2D eigenvalue weighted by molar-refractivity contribution is 9.10. The van der Waals surface area contributed by atoms with E-state index in [9.17, 15) is 4.79 Å². The molecule has 0 spiro atoms. The molecule has 0 aliphatic carbocycles. The van der Waals surface area contributed by atoms with E-state index in [2.05, 4.69) is 15.9 Å². The van der Waals surface area contributed by atoms with E-state index in [1.165, 1.54) is 0 Å². The number of aliphatic carboxylic acids is 1. The van der Waals surface area contributed by atoms with Crippen LogP contribution in [-0.2, 0) is 11.2 Å². The fourth-order valence-electron chi connectivity index (χ4n) is 0.922. The lowest BCUT2D eigenvalue weighted by Gasteiger charge is -2.02. The lowest BCUT2D eigenvalue weighted by atomic mass is 10.2. The number of rotatable bonds is 3. The maximum atomic E-state index is 10.5. The number of thiophene rings is 1. The van der Waals surface area contributed by atoms with Crippen LogP contribution in [0.5, 0.6) is 0 Å². The van der Waals surface area contributed by atoms with Gasteiger partial charge in [-0.05, 0) is 28.9 Å². The van der Waals surface area contributed by atoms with Gasteiger partial charge in [0.05, 0.1) is 0 Å². The van der Waals surface area contributed by atoms with Gasteiger partial charge in [-0.25, -0.2) is 0 Å². The van der Waals surface area contributed by atoms with Crippen molar-refractivity contribution in [2.45, 2.75) is 19.4 Å². The summed E-state index contributed by atoms with van der Waals surface area (Å²) in [6, 6.07) is 1.12. The number of carboxylic acid groups (broad SMARTS) is 1. The highest BCUT2D eigenvalue weighted by atomic mass is 79.9. The van der Waals surface area contributed by atoms with Gasteiger partial charge in [-0.15, -0.1) is 11.3 Å². The molecule has 1 rings (SSSR count). The average Bonchev–Trinajstić information content (AvgIpc) is 2.31. The van der Waals surface area contributed by atoms with Crippen LogP contribution in [0.4, 0.5) is 0 Å². The maximum Gasteiger partial charge on any atom is 0.320 e. The summed E-state index contributed by atoms with van der Waals surface area (Å²) in [4.78, 5) is 12.6. The van der Waals surface area contributed by atoms with Gasteiger partial charge in [0.2, 0.25) is 0 Å². The van der Waals surface area contributed by atoms with Crippen molar-refractivity contribution in [3.05, 3.63) is 20.3 Å². The van der Waals surface area contributed by atoms with E-state index in [0.717, 1.165) is 14.2 Å². The smallest absolute Gasteiger partial charge is 0.320 e. The fourth-order valence-corrected chi connectivity index (χ4v) is 2.58. The Morgan fingerprint density at radius 1 is 1.85 bits per heavy atom. The van der Waals surface area contributed by atoms with E-state index in [-0.39, 0.29) is 0 Å². The predicted molar refractivity (Wildman–Crippen MR) is 56.1 cm³/mol. The number of carboxylic acids is 1. The summed E-state index contributed by atoms with van der Waals surface area (Å²) in [6.45, 7) is 1.98. The molecule has 1 atom stereocenters. The summed E-state index contributed by atoms with van der Waals surface area (Å²) >= 11 is 4.94. The minimum atomic E-state index is -0.956. The molecule has 5 heteroatoms. The van der Waals surface area contributed by atoms with Gasteiger partial charge in [0, 0.05) is 20.6 Å². The molecule has 3 nitrogen and oxygen atoms in total. The first-order valence-corrected chi connectivity index (χ1v) is 5.35. The lowest BCUT2D eigenvalue weighted by Crippen LogP contribution is -2.31. The number of hydrogen-bond acceptors (Lipinski definition) is 3. The number of nitrogens with two attached hydrogens (primary N) is 1.